The number of ether oxygens (including phenoxy) is 1. The van der Waals surface area contributed by atoms with Crippen LogP contribution in [0, 0.1) is 0 Å². The van der Waals surface area contributed by atoms with Gasteiger partial charge in [-0.05, 0) is 52.7 Å². The minimum atomic E-state index is -0.431. The lowest BCUT2D eigenvalue weighted by atomic mass is 10.1. The first-order valence-corrected chi connectivity index (χ1v) is 8.16. The molecule has 0 N–H and O–H groups in total. The summed E-state index contributed by atoms with van der Waals surface area (Å²) in [5, 5.41) is 10.1. The van der Waals surface area contributed by atoms with Crippen LogP contribution in [0.4, 0.5) is 4.39 Å². The molecule has 0 unspecified atom stereocenters. The number of hydrogen-bond acceptors (Lipinski definition) is 3. The minimum absolute atomic E-state index is 0.189. The largest absolute Gasteiger partial charge is 0.497 e. The van der Waals surface area contributed by atoms with Crippen molar-refractivity contribution in [3.8, 4) is 11.4 Å². The van der Waals surface area contributed by atoms with Crippen LogP contribution in [0.25, 0.3) is 28.4 Å². The number of methoxy groups -OCH3 is 1. The van der Waals surface area contributed by atoms with Gasteiger partial charge in [0.05, 0.1) is 19.0 Å². The summed E-state index contributed by atoms with van der Waals surface area (Å²) in [6.45, 7) is 0. The first-order valence-electron chi connectivity index (χ1n) is 8.16. The highest BCUT2D eigenvalue weighted by Crippen LogP contribution is 2.22. The maximum absolute atomic E-state index is 14.6. The van der Waals surface area contributed by atoms with Gasteiger partial charge in [-0.1, -0.05) is 41.6 Å². The number of nitrogens with zero attached hydrogens (tertiary/aromatic N) is 3. The Balaban J connectivity index is 1.61. The van der Waals surface area contributed by atoms with Gasteiger partial charge in [0.15, 0.2) is 5.83 Å². The molecule has 0 bridgehead atoms. The summed E-state index contributed by atoms with van der Waals surface area (Å²) < 4.78 is 21.3. The first kappa shape index (κ1) is 16.0. The van der Waals surface area contributed by atoms with E-state index in [0.29, 0.717) is 0 Å². The van der Waals surface area contributed by atoms with Crippen LogP contribution >= 0.6 is 0 Å². The Kier molecular flexibility index (Phi) is 4.19. The van der Waals surface area contributed by atoms with Gasteiger partial charge in [-0.25, -0.2) is 9.07 Å². The summed E-state index contributed by atoms with van der Waals surface area (Å²) in [4.78, 5) is 0. The lowest BCUT2D eigenvalue weighted by Gasteiger charge is -2.02. The summed E-state index contributed by atoms with van der Waals surface area (Å²) in [5.41, 5.74) is 1.75. The molecule has 4 nitrogen and oxygen atoms in total. The van der Waals surface area contributed by atoms with E-state index in [9.17, 15) is 4.39 Å². The summed E-state index contributed by atoms with van der Waals surface area (Å²) in [5.74, 6) is 0.316. The van der Waals surface area contributed by atoms with Gasteiger partial charge in [-0.15, -0.1) is 5.10 Å². The quantitative estimate of drug-likeness (QED) is 0.528. The fourth-order valence-corrected chi connectivity index (χ4v) is 2.75. The second-order valence-electron chi connectivity index (χ2n) is 5.85. The van der Waals surface area contributed by atoms with Gasteiger partial charge in [0.2, 0.25) is 0 Å². The van der Waals surface area contributed by atoms with E-state index in [2.05, 4.69) is 10.3 Å². The fraction of sp³-hybridized carbons (Fsp3) is 0.0476. The zero-order chi connectivity index (χ0) is 17.9. The Hall–Kier alpha value is -3.47. The predicted molar refractivity (Wildman–Crippen MR) is 101 cm³/mol. The molecule has 4 rings (SSSR count). The molecule has 0 fully saturated rings. The van der Waals surface area contributed by atoms with Crippen molar-refractivity contribution in [2.75, 3.05) is 7.11 Å². The molecule has 0 aliphatic heterocycles. The van der Waals surface area contributed by atoms with Crippen LogP contribution < -0.4 is 4.74 Å². The molecule has 0 saturated carbocycles. The molecule has 0 amide bonds. The van der Waals surface area contributed by atoms with E-state index < -0.39 is 5.83 Å². The van der Waals surface area contributed by atoms with E-state index in [4.69, 9.17) is 4.74 Å². The number of benzene rings is 3. The normalized spacial score (nSPS) is 11.7. The molecule has 0 saturated heterocycles. The average Bonchev–Trinajstić information content (AvgIpc) is 3.18. The number of hydrogen-bond donors (Lipinski definition) is 0. The lowest BCUT2D eigenvalue weighted by Crippen LogP contribution is -1.94. The van der Waals surface area contributed by atoms with Crippen molar-refractivity contribution in [1.82, 2.24) is 15.0 Å². The zero-order valence-corrected chi connectivity index (χ0v) is 14.1. The van der Waals surface area contributed by atoms with Crippen LogP contribution in [0.5, 0.6) is 5.75 Å². The van der Waals surface area contributed by atoms with Crippen LogP contribution in [0.2, 0.25) is 0 Å². The summed E-state index contributed by atoms with van der Waals surface area (Å²) in [6, 6.07) is 21.1. The van der Waals surface area contributed by atoms with Crippen LogP contribution in [0.15, 0.2) is 72.9 Å². The monoisotopic (exact) mass is 345 g/mol. The second kappa shape index (κ2) is 6.80. The highest BCUT2D eigenvalue weighted by Gasteiger charge is 2.08. The summed E-state index contributed by atoms with van der Waals surface area (Å²) in [7, 11) is 1.61. The van der Waals surface area contributed by atoms with Crippen LogP contribution in [0.3, 0.4) is 0 Å². The van der Waals surface area contributed by atoms with Crippen molar-refractivity contribution in [3.05, 3.63) is 84.2 Å². The minimum Gasteiger partial charge on any atom is -0.497 e. The molecule has 4 aromatic rings. The third-order valence-corrected chi connectivity index (χ3v) is 4.14. The molecule has 0 aliphatic rings. The average molecular weight is 345 g/mol. The highest BCUT2D eigenvalue weighted by molar-refractivity contribution is 5.86. The molecule has 0 aliphatic carbocycles. The number of fused-ring (bicyclic) bond motifs is 1. The fourth-order valence-electron chi connectivity index (χ4n) is 2.75. The van der Waals surface area contributed by atoms with Crippen LogP contribution in [-0.2, 0) is 0 Å². The van der Waals surface area contributed by atoms with E-state index in [-0.39, 0.29) is 5.69 Å². The predicted octanol–water partition coefficient (Wildman–Crippen LogP) is 4.90. The Bertz CT molecular complexity index is 1080. The maximum atomic E-state index is 14.6. The molecule has 5 heteroatoms. The first-order chi connectivity index (χ1) is 12.7. The topological polar surface area (TPSA) is 39.9 Å². The van der Waals surface area contributed by atoms with Crippen molar-refractivity contribution in [2.45, 2.75) is 0 Å². The van der Waals surface area contributed by atoms with Crippen molar-refractivity contribution in [3.63, 3.8) is 0 Å². The van der Waals surface area contributed by atoms with E-state index >= 15 is 0 Å². The van der Waals surface area contributed by atoms with Crippen molar-refractivity contribution >= 4 is 22.7 Å². The van der Waals surface area contributed by atoms with E-state index in [1.165, 1.54) is 10.8 Å². The van der Waals surface area contributed by atoms with E-state index in [0.717, 1.165) is 27.8 Å². The Morgan fingerprint density at radius 1 is 1.00 bits per heavy atom. The smallest absolute Gasteiger partial charge is 0.152 e. The molecule has 128 valence electrons. The molecule has 1 aromatic heterocycles. The number of aromatic nitrogens is 3. The molecule has 0 atom stereocenters. The highest BCUT2D eigenvalue weighted by atomic mass is 19.1. The SMILES string of the molecule is COc1ccc(-n2cc(/C(F)=C/c3ccc4ccccc4c3)nn2)cc1. The van der Waals surface area contributed by atoms with E-state index in [1.54, 1.807) is 13.3 Å². The maximum Gasteiger partial charge on any atom is 0.152 e. The van der Waals surface area contributed by atoms with Crippen molar-refractivity contribution in [2.24, 2.45) is 0 Å². The van der Waals surface area contributed by atoms with Gasteiger partial charge < -0.3 is 4.74 Å². The van der Waals surface area contributed by atoms with Gasteiger partial charge in [0.1, 0.15) is 11.4 Å². The van der Waals surface area contributed by atoms with Gasteiger partial charge in [-0.2, -0.15) is 0 Å². The Morgan fingerprint density at radius 3 is 2.54 bits per heavy atom. The van der Waals surface area contributed by atoms with Crippen LogP contribution in [-0.4, -0.2) is 22.1 Å². The molecular formula is C21H16FN3O. The molecule has 1 heterocycles. The number of rotatable bonds is 4. The standard InChI is InChI=1S/C21H16FN3O/c1-26-19-10-8-18(9-11-19)25-14-21(23-24-25)20(22)13-15-6-7-16-4-2-3-5-17(16)12-15/h2-14H,1H3/b20-13-. The van der Waals surface area contributed by atoms with Gasteiger partial charge in [0.25, 0.3) is 0 Å². The number of halogens is 1. The van der Waals surface area contributed by atoms with Gasteiger partial charge in [0, 0.05) is 0 Å². The van der Waals surface area contributed by atoms with E-state index in [1.807, 2.05) is 66.7 Å². The third-order valence-electron chi connectivity index (χ3n) is 4.14. The van der Waals surface area contributed by atoms with Crippen LogP contribution in [0.1, 0.15) is 11.3 Å². The molecule has 0 spiro atoms. The Morgan fingerprint density at radius 2 is 1.77 bits per heavy atom. The summed E-state index contributed by atoms with van der Waals surface area (Å²) in [6.07, 6.45) is 3.03. The zero-order valence-electron chi connectivity index (χ0n) is 14.1. The molecule has 3 aromatic carbocycles. The molecular weight excluding hydrogens is 329 g/mol. The molecule has 0 radical (unpaired) electrons. The van der Waals surface area contributed by atoms with Gasteiger partial charge >= 0.3 is 0 Å². The van der Waals surface area contributed by atoms with Gasteiger partial charge in [-0.3, -0.25) is 0 Å². The van der Waals surface area contributed by atoms with Crippen molar-refractivity contribution < 1.29 is 9.13 Å². The third kappa shape index (κ3) is 3.19. The Labute approximate surface area is 150 Å². The molecule has 26 heavy (non-hydrogen) atoms. The second-order valence-corrected chi connectivity index (χ2v) is 5.85. The van der Waals surface area contributed by atoms with Crippen molar-refractivity contribution in [1.29, 1.82) is 0 Å². The lowest BCUT2D eigenvalue weighted by molar-refractivity contribution is 0.414. The summed E-state index contributed by atoms with van der Waals surface area (Å²) >= 11 is 0.